The van der Waals surface area contributed by atoms with Gasteiger partial charge in [0, 0.05) is 6.61 Å². The molecule has 0 aliphatic heterocycles. The zero-order valence-corrected chi connectivity index (χ0v) is 8.83. The molecule has 0 aliphatic carbocycles. The highest BCUT2D eigenvalue weighted by Crippen LogP contribution is 1.96. The maximum absolute atomic E-state index is 5.45. The van der Waals surface area contributed by atoms with Gasteiger partial charge in [-0.15, -0.1) is 0 Å². The topological polar surface area (TPSA) is 9.23 Å². The van der Waals surface area contributed by atoms with Crippen molar-refractivity contribution < 1.29 is 4.43 Å². The van der Waals surface area contributed by atoms with Crippen LogP contribution in [0.4, 0.5) is 0 Å². The molecule has 0 heterocycles. The lowest BCUT2D eigenvalue weighted by Crippen LogP contribution is -2.19. The van der Waals surface area contributed by atoms with Crippen LogP contribution in [0.2, 0.25) is 0 Å². The van der Waals surface area contributed by atoms with E-state index >= 15 is 0 Å². The van der Waals surface area contributed by atoms with E-state index in [1.165, 1.54) is 10.8 Å². The number of benzene rings is 1. The van der Waals surface area contributed by atoms with Crippen molar-refractivity contribution in [1.82, 2.24) is 0 Å². The van der Waals surface area contributed by atoms with E-state index in [9.17, 15) is 0 Å². The fourth-order valence-electron chi connectivity index (χ4n) is 1.08. The molecule has 0 aromatic heterocycles. The highest BCUT2D eigenvalue weighted by Gasteiger charge is 1.97. The van der Waals surface area contributed by atoms with Crippen LogP contribution in [0.5, 0.6) is 0 Å². The minimum Gasteiger partial charge on any atom is -0.419 e. The summed E-state index contributed by atoms with van der Waals surface area (Å²) in [6, 6.07) is 8.28. The summed E-state index contributed by atoms with van der Waals surface area (Å²) in [5, 5.41) is 1.34. The Morgan fingerprint density at radius 2 is 2.25 bits per heavy atom. The van der Waals surface area contributed by atoms with Gasteiger partial charge in [-0.05, 0) is 17.7 Å². The summed E-state index contributed by atoms with van der Waals surface area (Å²) in [5.74, 6) is 0. The average molecular weight is 178 g/mol. The zero-order chi connectivity index (χ0) is 8.81. The highest BCUT2D eigenvalue weighted by atomic mass is 28.2. The largest absolute Gasteiger partial charge is 0.419 e. The fourth-order valence-corrected chi connectivity index (χ4v) is 2.16. The van der Waals surface area contributed by atoms with E-state index in [1.54, 1.807) is 0 Å². The van der Waals surface area contributed by atoms with E-state index in [1.807, 2.05) is 25.1 Å². The van der Waals surface area contributed by atoms with E-state index in [0.29, 0.717) is 0 Å². The molecule has 0 radical (unpaired) electrons. The summed E-state index contributed by atoms with van der Waals surface area (Å²) < 4.78 is 5.45. The van der Waals surface area contributed by atoms with Gasteiger partial charge in [-0.2, -0.15) is 0 Å². The Hall–Kier alpha value is -0.863. The first-order valence-electron chi connectivity index (χ1n) is 4.16. The molecule has 0 bridgehead atoms. The van der Waals surface area contributed by atoms with Crippen molar-refractivity contribution in [2.24, 2.45) is 0 Å². The van der Waals surface area contributed by atoms with Gasteiger partial charge < -0.3 is 4.43 Å². The van der Waals surface area contributed by atoms with Crippen LogP contribution >= 0.6 is 0 Å². The van der Waals surface area contributed by atoms with Crippen molar-refractivity contribution in [1.29, 1.82) is 0 Å². The molecule has 0 spiro atoms. The summed E-state index contributed by atoms with van der Waals surface area (Å²) in [5.41, 5.74) is 1.22. The van der Waals surface area contributed by atoms with Crippen LogP contribution in [0.25, 0.3) is 6.08 Å². The van der Waals surface area contributed by atoms with Crippen molar-refractivity contribution in [3.05, 3.63) is 36.4 Å². The van der Waals surface area contributed by atoms with Crippen LogP contribution in [0.3, 0.4) is 0 Å². The number of hydrogen-bond acceptors (Lipinski definition) is 1. The third-order valence-electron chi connectivity index (χ3n) is 1.74. The molecule has 0 aliphatic rings. The Balaban J connectivity index is 2.75. The van der Waals surface area contributed by atoms with Crippen molar-refractivity contribution in [3.63, 3.8) is 0 Å². The first-order valence-corrected chi connectivity index (χ1v) is 5.45. The third-order valence-corrected chi connectivity index (χ3v) is 3.30. The van der Waals surface area contributed by atoms with Crippen LogP contribution in [-0.2, 0) is 4.43 Å². The Labute approximate surface area is 76.0 Å². The van der Waals surface area contributed by atoms with Gasteiger partial charge in [-0.25, -0.2) is 0 Å². The Bertz CT molecular complexity index is 258. The minimum absolute atomic E-state index is 0.523. The SMILES string of the molecule is C=Cc1ccccc1[SiH2]OCC. The zero-order valence-electron chi connectivity index (χ0n) is 7.42. The van der Waals surface area contributed by atoms with Gasteiger partial charge in [0.25, 0.3) is 0 Å². The Morgan fingerprint density at radius 1 is 1.50 bits per heavy atom. The van der Waals surface area contributed by atoms with Crippen molar-refractivity contribution in [3.8, 4) is 0 Å². The van der Waals surface area contributed by atoms with Crippen LogP contribution in [0, 0.1) is 0 Å². The summed E-state index contributed by atoms with van der Waals surface area (Å²) in [4.78, 5) is 0. The Kier molecular flexibility index (Phi) is 3.77. The Morgan fingerprint density at radius 3 is 2.92 bits per heavy atom. The third kappa shape index (κ3) is 2.32. The van der Waals surface area contributed by atoms with Gasteiger partial charge in [0.2, 0.25) is 0 Å². The molecule has 0 atom stereocenters. The minimum atomic E-state index is -0.523. The molecule has 1 nitrogen and oxygen atoms in total. The second kappa shape index (κ2) is 4.90. The van der Waals surface area contributed by atoms with E-state index < -0.39 is 9.76 Å². The van der Waals surface area contributed by atoms with E-state index in [0.717, 1.165) is 6.61 Å². The van der Waals surface area contributed by atoms with E-state index in [4.69, 9.17) is 4.43 Å². The lowest BCUT2D eigenvalue weighted by Gasteiger charge is -2.03. The predicted octanol–water partition coefficient (Wildman–Crippen LogP) is 1.08. The molecule has 0 saturated heterocycles. The molecule has 12 heavy (non-hydrogen) atoms. The van der Waals surface area contributed by atoms with Gasteiger partial charge in [0.05, 0.1) is 0 Å². The molecule has 1 aromatic carbocycles. The maximum atomic E-state index is 5.45. The molecule has 1 aromatic rings. The quantitative estimate of drug-likeness (QED) is 0.627. The van der Waals surface area contributed by atoms with Crippen molar-refractivity contribution in [2.75, 3.05) is 6.61 Å². The highest BCUT2D eigenvalue weighted by molar-refractivity contribution is 6.48. The molecule has 1 rings (SSSR count). The van der Waals surface area contributed by atoms with Crippen molar-refractivity contribution in [2.45, 2.75) is 6.92 Å². The first-order chi connectivity index (χ1) is 5.88. The first kappa shape index (κ1) is 9.23. The molecule has 64 valence electrons. The fraction of sp³-hybridized carbons (Fsp3) is 0.200. The second-order valence-corrected chi connectivity index (χ2v) is 4.00. The maximum Gasteiger partial charge on any atom is 0.192 e. The van der Waals surface area contributed by atoms with Crippen LogP contribution in [0.15, 0.2) is 30.8 Å². The van der Waals surface area contributed by atoms with Crippen LogP contribution in [0.1, 0.15) is 12.5 Å². The predicted molar refractivity (Wildman–Crippen MR) is 56.3 cm³/mol. The molecular weight excluding hydrogens is 164 g/mol. The molecule has 0 saturated carbocycles. The van der Waals surface area contributed by atoms with Gasteiger partial charge >= 0.3 is 0 Å². The molecule has 0 unspecified atom stereocenters. The lowest BCUT2D eigenvalue weighted by molar-refractivity contribution is 0.367. The standard InChI is InChI=1S/C10H14OSi/c1-3-9-7-5-6-8-10(9)12-11-4-2/h3,5-8H,1,4,12H2,2H3. The molecule has 0 N–H and O–H groups in total. The average Bonchev–Trinajstić information content (AvgIpc) is 2.15. The number of rotatable bonds is 4. The normalized spacial score (nSPS) is 10.8. The molecule has 0 fully saturated rings. The molecule has 2 heteroatoms. The summed E-state index contributed by atoms with van der Waals surface area (Å²) in [6.07, 6.45) is 1.89. The van der Waals surface area contributed by atoms with E-state index in [-0.39, 0.29) is 0 Å². The smallest absolute Gasteiger partial charge is 0.192 e. The number of hydrogen-bond donors (Lipinski definition) is 0. The lowest BCUT2D eigenvalue weighted by atomic mass is 10.2. The van der Waals surface area contributed by atoms with Crippen molar-refractivity contribution >= 4 is 21.0 Å². The van der Waals surface area contributed by atoms with Gasteiger partial charge in [0.1, 0.15) is 0 Å². The second-order valence-electron chi connectivity index (χ2n) is 2.54. The summed E-state index contributed by atoms with van der Waals surface area (Å²) in [7, 11) is -0.523. The summed E-state index contributed by atoms with van der Waals surface area (Å²) >= 11 is 0. The molecule has 0 amide bonds. The van der Waals surface area contributed by atoms with Gasteiger partial charge in [-0.1, -0.05) is 36.9 Å². The van der Waals surface area contributed by atoms with Gasteiger partial charge in [0.15, 0.2) is 9.76 Å². The van der Waals surface area contributed by atoms with Crippen LogP contribution < -0.4 is 5.19 Å². The summed E-state index contributed by atoms with van der Waals surface area (Å²) in [6.45, 7) is 6.61. The van der Waals surface area contributed by atoms with E-state index in [2.05, 4.69) is 18.7 Å². The monoisotopic (exact) mass is 178 g/mol. The van der Waals surface area contributed by atoms with Crippen LogP contribution in [-0.4, -0.2) is 16.4 Å². The molecular formula is C10H14OSi. The van der Waals surface area contributed by atoms with Gasteiger partial charge in [-0.3, -0.25) is 0 Å².